The van der Waals surface area contributed by atoms with Crippen molar-refractivity contribution < 1.29 is 13.9 Å². The van der Waals surface area contributed by atoms with Gasteiger partial charge in [0.15, 0.2) is 10.1 Å². The number of morpholine rings is 1. The maximum atomic E-state index is 13.1. The third-order valence-corrected chi connectivity index (χ3v) is 7.58. The van der Waals surface area contributed by atoms with Crippen LogP contribution in [0.25, 0.3) is 11.0 Å². The van der Waals surface area contributed by atoms with Crippen LogP contribution < -0.4 is 10.2 Å². The van der Waals surface area contributed by atoms with E-state index in [9.17, 15) is 4.79 Å². The summed E-state index contributed by atoms with van der Waals surface area (Å²) in [6.45, 7) is 6.72. The Morgan fingerprint density at radius 2 is 2.15 bits per heavy atom. The molecule has 3 aromatic heterocycles. The molecular formula is C24H25N5O3S2. The molecular weight excluding hydrogens is 470 g/mol. The van der Waals surface area contributed by atoms with Gasteiger partial charge >= 0.3 is 0 Å². The molecule has 0 aliphatic carbocycles. The second-order valence-electron chi connectivity index (χ2n) is 8.12. The van der Waals surface area contributed by atoms with Gasteiger partial charge < -0.3 is 19.4 Å². The number of amides is 1. The number of fused-ring (bicyclic) bond motifs is 1. The maximum absolute atomic E-state index is 13.1. The lowest BCUT2D eigenvalue weighted by atomic mass is 10.1. The van der Waals surface area contributed by atoms with E-state index in [2.05, 4.69) is 32.3 Å². The average molecular weight is 496 g/mol. The van der Waals surface area contributed by atoms with Crippen LogP contribution in [0.15, 0.2) is 51.4 Å². The number of nitrogens with one attached hydrogen (secondary N) is 1. The summed E-state index contributed by atoms with van der Waals surface area (Å²) in [5, 5.41) is 13.1. The Bertz CT molecular complexity index is 1290. The Balaban J connectivity index is 1.27. The lowest BCUT2D eigenvalue weighted by molar-refractivity contribution is 0.0529. The zero-order valence-corrected chi connectivity index (χ0v) is 20.6. The van der Waals surface area contributed by atoms with Gasteiger partial charge in [-0.3, -0.25) is 4.79 Å². The molecule has 0 radical (unpaired) electrons. The summed E-state index contributed by atoms with van der Waals surface area (Å²) in [6.07, 6.45) is 2.00. The van der Waals surface area contributed by atoms with Gasteiger partial charge in [-0.2, -0.15) is 0 Å². The number of thioether (sulfide) groups is 1. The normalized spacial score (nSPS) is 16.2. The van der Waals surface area contributed by atoms with Crippen molar-refractivity contribution in [1.82, 2.24) is 20.5 Å². The Hall–Kier alpha value is -2.95. The molecule has 1 saturated heterocycles. The lowest BCUT2D eigenvalue weighted by Gasteiger charge is -2.32. The smallest absolute Gasteiger partial charge is 0.287 e. The summed E-state index contributed by atoms with van der Waals surface area (Å²) in [6, 6.07) is 11.7. The van der Waals surface area contributed by atoms with Gasteiger partial charge in [0.05, 0.1) is 12.7 Å². The summed E-state index contributed by atoms with van der Waals surface area (Å²) in [5.74, 6) is 1.59. The van der Waals surface area contributed by atoms with Crippen LogP contribution in [-0.2, 0) is 17.0 Å². The van der Waals surface area contributed by atoms with E-state index in [1.807, 2.05) is 49.5 Å². The van der Waals surface area contributed by atoms with Gasteiger partial charge in [-0.05, 0) is 31.5 Å². The molecule has 10 heteroatoms. The molecule has 4 aromatic rings. The minimum atomic E-state index is -0.244. The number of hydrogen-bond donors (Lipinski definition) is 1. The van der Waals surface area contributed by atoms with Crippen LogP contribution in [0.2, 0.25) is 0 Å². The fourth-order valence-electron chi connectivity index (χ4n) is 3.89. The van der Waals surface area contributed by atoms with Crippen molar-refractivity contribution in [3.63, 3.8) is 0 Å². The summed E-state index contributed by atoms with van der Waals surface area (Å²) >= 11 is 3.10. The number of furan rings is 1. The summed E-state index contributed by atoms with van der Waals surface area (Å²) < 4.78 is 12.4. The number of carbonyl (C=O) groups is 1. The molecule has 1 aromatic carbocycles. The summed E-state index contributed by atoms with van der Waals surface area (Å²) in [4.78, 5) is 19.9. The van der Waals surface area contributed by atoms with Crippen molar-refractivity contribution in [2.24, 2.45) is 0 Å². The number of aromatic nitrogens is 3. The molecule has 1 amide bonds. The number of para-hydroxylation sites is 1. The van der Waals surface area contributed by atoms with Crippen molar-refractivity contribution >= 4 is 45.8 Å². The van der Waals surface area contributed by atoms with Crippen molar-refractivity contribution in [2.75, 3.05) is 24.6 Å². The van der Waals surface area contributed by atoms with Crippen LogP contribution in [0.1, 0.15) is 33.6 Å². The first-order valence-electron chi connectivity index (χ1n) is 11.1. The topological polar surface area (TPSA) is 93.4 Å². The zero-order valence-electron chi connectivity index (χ0n) is 19.0. The molecule has 4 heterocycles. The molecule has 1 aliphatic rings. The molecule has 1 fully saturated rings. The van der Waals surface area contributed by atoms with Gasteiger partial charge in [0.2, 0.25) is 0 Å². The Labute approximate surface area is 205 Å². The van der Waals surface area contributed by atoms with Crippen molar-refractivity contribution in [1.29, 1.82) is 0 Å². The van der Waals surface area contributed by atoms with E-state index < -0.39 is 0 Å². The van der Waals surface area contributed by atoms with Crippen LogP contribution in [-0.4, -0.2) is 46.9 Å². The second kappa shape index (κ2) is 10.1. The highest BCUT2D eigenvalue weighted by Gasteiger charge is 2.21. The first-order valence-corrected chi connectivity index (χ1v) is 12.9. The number of rotatable bonds is 7. The highest BCUT2D eigenvalue weighted by molar-refractivity contribution is 8.00. The van der Waals surface area contributed by atoms with Gasteiger partial charge in [0.1, 0.15) is 16.4 Å². The minimum Gasteiger partial charge on any atom is -0.451 e. The first-order chi connectivity index (χ1) is 16.6. The van der Waals surface area contributed by atoms with E-state index in [0.29, 0.717) is 30.2 Å². The van der Waals surface area contributed by atoms with Gasteiger partial charge in [-0.15, -0.1) is 10.2 Å². The van der Waals surface area contributed by atoms with E-state index in [4.69, 9.17) is 9.15 Å². The Kier molecular flexibility index (Phi) is 6.80. The molecule has 5 rings (SSSR count). The number of nitrogens with zero attached hydrogens (tertiary/aromatic N) is 4. The molecule has 1 N–H and O–H groups in total. The molecule has 1 aliphatic heterocycles. The van der Waals surface area contributed by atoms with Gasteiger partial charge in [-0.25, -0.2) is 4.98 Å². The number of aryl methyl sites for hydroxylation is 1. The fourth-order valence-corrected chi connectivity index (χ4v) is 5.74. The van der Waals surface area contributed by atoms with Crippen LogP contribution in [0.4, 0.5) is 5.82 Å². The van der Waals surface area contributed by atoms with E-state index in [1.54, 1.807) is 23.1 Å². The molecule has 1 atom stereocenters. The highest BCUT2D eigenvalue weighted by Crippen LogP contribution is 2.33. The Morgan fingerprint density at radius 3 is 2.91 bits per heavy atom. The van der Waals surface area contributed by atoms with Gasteiger partial charge in [-0.1, -0.05) is 47.4 Å². The first kappa shape index (κ1) is 22.8. The van der Waals surface area contributed by atoms with Crippen LogP contribution in [0.5, 0.6) is 0 Å². The molecule has 176 valence electrons. The number of benzene rings is 1. The predicted molar refractivity (Wildman–Crippen MR) is 133 cm³/mol. The molecule has 8 nitrogen and oxygen atoms in total. The molecule has 34 heavy (non-hydrogen) atoms. The van der Waals surface area contributed by atoms with E-state index in [1.165, 1.54) is 0 Å². The standard InChI is InChI=1S/C24H25N5O3S2/c1-15-13-29(9-10-31-15)21-8-7-17(11-25-21)12-26-23(30)22-19(14-33-24-28-27-16(2)34-24)18-5-3-4-6-20(18)32-22/h3-8,11,15H,9-10,12-14H2,1-2H3,(H,26,30). The van der Waals surface area contributed by atoms with Crippen LogP contribution in [0.3, 0.4) is 0 Å². The summed E-state index contributed by atoms with van der Waals surface area (Å²) in [5.41, 5.74) is 2.48. The molecule has 0 saturated carbocycles. The third-order valence-electron chi connectivity index (χ3n) is 5.58. The number of pyridine rings is 1. The van der Waals surface area contributed by atoms with Crippen molar-refractivity contribution in [3.8, 4) is 0 Å². The predicted octanol–water partition coefficient (Wildman–Crippen LogP) is 4.44. The van der Waals surface area contributed by atoms with Crippen LogP contribution in [0, 0.1) is 6.92 Å². The zero-order chi connectivity index (χ0) is 23.5. The molecule has 0 bridgehead atoms. The summed E-state index contributed by atoms with van der Waals surface area (Å²) in [7, 11) is 0. The van der Waals surface area contributed by atoms with E-state index >= 15 is 0 Å². The van der Waals surface area contributed by atoms with Crippen molar-refractivity contribution in [3.05, 3.63) is 64.5 Å². The highest BCUT2D eigenvalue weighted by atomic mass is 32.2. The second-order valence-corrected chi connectivity index (χ2v) is 10.5. The average Bonchev–Trinajstić information content (AvgIpc) is 3.44. The van der Waals surface area contributed by atoms with E-state index in [-0.39, 0.29) is 12.0 Å². The SMILES string of the molecule is Cc1nnc(SCc2c(C(=O)NCc3ccc(N4CCOC(C)C4)nc3)oc3ccccc23)s1. The number of ether oxygens (including phenoxy) is 1. The Morgan fingerprint density at radius 1 is 1.26 bits per heavy atom. The van der Waals surface area contributed by atoms with Gasteiger partial charge in [0.25, 0.3) is 5.91 Å². The fraction of sp³-hybridized carbons (Fsp3) is 0.333. The van der Waals surface area contributed by atoms with Gasteiger partial charge in [0, 0.05) is 42.5 Å². The number of hydrogen-bond acceptors (Lipinski definition) is 9. The quantitative estimate of drug-likeness (QED) is 0.376. The number of anilines is 1. The lowest BCUT2D eigenvalue weighted by Crippen LogP contribution is -2.41. The largest absolute Gasteiger partial charge is 0.451 e. The van der Waals surface area contributed by atoms with E-state index in [0.717, 1.165) is 44.8 Å². The molecule has 1 unspecified atom stereocenters. The monoisotopic (exact) mass is 495 g/mol. The molecule has 0 spiro atoms. The van der Waals surface area contributed by atoms with Crippen molar-refractivity contribution in [2.45, 2.75) is 36.6 Å². The number of carbonyl (C=O) groups excluding carboxylic acids is 1. The van der Waals surface area contributed by atoms with Crippen LogP contribution >= 0.6 is 23.1 Å². The third kappa shape index (κ3) is 5.08. The maximum Gasteiger partial charge on any atom is 0.287 e. The minimum absolute atomic E-state index is 0.196.